The van der Waals surface area contributed by atoms with Crippen LogP contribution in [-0.2, 0) is 9.53 Å². The lowest BCUT2D eigenvalue weighted by atomic mass is 9.97. The molecule has 6 nitrogen and oxygen atoms in total. The van der Waals surface area contributed by atoms with Crippen LogP contribution in [0.15, 0.2) is 53.9 Å². The molecule has 0 aliphatic carbocycles. The average molecular weight is 528 g/mol. The number of para-hydroxylation sites is 1. The third-order valence-electron chi connectivity index (χ3n) is 6.05. The first-order valence-electron chi connectivity index (χ1n) is 11.4. The van der Waals surface area contributed by atoms with Gasteiger partial charge in [0.1, 0.15) is 5.69 Å². The average Bonchev–Trinajstić information content (AvgIpc) is 3.39. The molecule has 0 unspecified atom stereocenters. The second-order valence-electron chi connectivity index (χ2n) is 8.31. The van der Waals surface area contributed by atoms with Crippen LogP contribution in [0.25, 0.3) is 11.1 Å². The number of hydrogen-bond donors (Lipinski definition) is 1. The van der Waals surface area contributed by atoms with Gasteiger partial charge in [-0.25, -0.2) is 4.98 Å². The molecule has 1 saturated heterocycles. The van der Waals surface area contributed by atoms with Gasteiger partial charge in [-0.1, -0.05) is 54.2 Å². The molecule has 0 bridgehead atoms. The quantitative estimate of drug-likeness (QED) is 0.292. The maximum absolute atomic E-state index is 13.0. The molecule has 182 valence electrons. The number of piperidine rings is 1. The molecule has 2 aromatic carbocycles. The maximum Gasteiger partial charge on any atom is 0.305 e. The summed E-state index contributed by atoms with van der Waals surface area (Å²) in [5.74, 6) is -0.176. The number of nitrogens with one attached hydrogen (secondary N) is 1. The van der Waals surface area contributed by atoms with Gasteiger partial charge in [-0.3, -0.25) is 9.59 Å². The van der Waals surface area contributed by atoms with Crippen molar-refractivity contribution in [1.82, 2.24) is 9.88 Å². The zero-order chi connectivity index (χ0) is 24.8. The van der Waals surface area contributed by atoms with Gasteiger partial charge >= 0.3 is 5.97 Å². The van der Waals surface area contributed by atoms with Crippen LogP contribution >= 0.6 is 35.2 Å². The van der Waals surface area contributed by atoms with Gasteiger partial charge in [0.05, 0.1) is 23.5 Å². The monoisotopic (exact) mass is 527 g/mol. The maximum atomic E-state index is 13.0. The van der Waals surface area contributed by atoms with E-state index in [0.717, 1.165) is 52.7 Å². The van der Waals surface area contributed by atoms with E-state index in [2.05, 4.69) is 15.2 Å². The number of ether oxygens (including phenoxy) is 1. The highest BCUT2D eigenvalue weighted by molar-refractivity contribution is 7.80. The number of thiazole rings is 1. The van der Waals surface area contributed by atoms with Crippen molar-refractivity contribution in [3.05, 3.63) is 69.6 Å². The fraction of sp³-hybridized carbons (Fsp3) is 0.308. The highest BCUT2D eigenvalue weighted by Gasteiger charge is 2.25. The van der Waals surface area contributed by atoms with Crippen molar-refractivity contribution in [2.24, 2.45) is 0 Å². The van der Waals surface area contributed by atoms with E-state index in [1.165, 1.54) is 18.4 Å². The summed E-state index contributed by atoms with van der Waals surface area (Å²) in [6, 6.07) is 15.2. The van der Waals surface area contributed by atoms with Crippen LogP contribution in [-0.4, -0.2) is 46.9 Å². The Balaban J connectivity index is 1.36. The van der Waals surface area contributed by atoms with Crippen molar-refractivity contribution < 1.29 is 14.3 Å². The number of thiocarbonyl (C=S) groups is 1. The van der Waals surface area contributed by atoms with E-state index in [-0.39, 0.29) is 11.9 Å². The second kappa shape index (κ2) is 11.7. The molecule has 0 saturated carbocycles. The van der Waals surface area contributed by atoms with Crippen LogP contribution in [0.5, 0.6) is 0 Å². The molecule has 1 aliphatic rings. The molecule has 1 aliphatic heterocycles. The molecule has 2 heterocycles. The summed E-state index contributed by atoms with van der Waals surface area (Å²) in [6.07, 6.45) is 2.66. The Morgan fingerprint density at radius 1 is 1.14 bits per heavy atom. The molecule has 35 heavy (non-hydrogen) atoms. The number of likely N-dealkylation sites (tertiary alicyclic amines) is 1. The van der Waals surface area contributed by atoms with Crippen LogP contribution in [0.1, 0.15) is 47.1 Å². The van der Waals surface area contributed by atoms with Crippen LogP contribution in [0.3, 0.4) is 0 Å². The predicted octanol–water partition coefficient (Wildman–Crippen LogP) is 6.18. The summed E-state index contributed by atoms with van der Waals surface area (Å²) in [5.41, 5.74) is 3.04. The molecule has 1 fully saturated rings. The molecule has 3 aromatic rings. The number of rotatable bonds is 7. The Kier molecular flexibility index (Phi) is 8.49. The molecular weight excluding hydrogens is 502 g/mol. The van der Waals surface area contributed by atoms with Crippen LogP contribution in [0.2, 0.25) is 5.02 Å². The van der Waals surface area contributed by atoms with Gasteiger partial charge in [-0.2, -0.15) is 0 Å². The number of aromatic nitrogens is 1. The minimum Gasteiger partial charge on any atom is -0.469 e. The number of amides is 1. The summed E-state index contributed by atoms with van der Waals surface area (Å²) >= 11 is 13.0. The van der Waals surface area contributed by atoms with Gasteiger partial charge in [-0.05, 0) is 36.6 Å². The Hall–Kier alpha value is -2.81. The summed E-state index contributed by atoms with van der Waals surface area (Å²) in [4.78, 5) is 32.0. The molecule has 0 radical (unpaired) electrons. The number of esters is 1. The zero-order valence-electron chi connectivity index (χ0n) is 19.3. The molecule has 1 N–H and O–H groups in total. The first kappa shape index (κ1) is 25.3. The van der Waals surface area contributed by atoms with Crippen molar-refractivity contribution in [1.29, 1.82) is 0 Å². The Bertz CT molecular complexity index is 1200. The van der Waals surface area contributed by atoms with E-state index < -0.39 is 0 Å². The smallest absolute Gasteiger partial charge is 0.305 e. The van der Waals surface area contributed by atoms with Gasteiger partial charge in [0.15, 0.2) is 0 Å². The first-order valence-corrected chi connectivity index (χ1v) is 13.1. The van der Waals surface area contributed by atoms with Crippen LogP contribution in [0.4, 0.5) is 5.69 Å². The molecule has 0 atom stereocenters. The molecule has 4 rings (SSSR count). The van der Waals surface area contributed by atoms with Gasteiger partial charge < -0.3 is 15.0 Å². The van der Waals surface area contributed by atoms with Gasteiger partial charge in [-0.15, -0.1) is 11.3 Å². The van der Waals surface area contributed by atoms with E-state index >= 15 is 0 Å². The zero-order valence-corrected chi connectivity index (χ0v) is 21.7. The van der Waals surface area contributed by atoms with E-state index in [0.29, 0.717) is 29.5 Å². The van der Waals surface area contributed by atoms with Crippen molar-refractivity contribution >= 4 is 57.7 Å². The van der Waals surface area contributed by atoms with Gasteiger partial charge in [0.2, 0.25) is 0 Å². The third-order valence-corrected chi connectivity index (χ3v) is 7.77. The summed E-state index contributed by atoms with van der Waals surface area (Å²) in [7, 11) is 1.39. The number of halogens is 1. The van der Waals surface area contributed by atoms with Crippen molar-refractivity contribution in [3.8, 4) is 11.1 Å². The van der Waals surface area contributed by atoms with Gasteiger partial charge in [0.25, 0.3) is 5.91 Å². The number of carbonyl (C=O) groups excluding carboxylic acids is 2. The molecular formula is C26H26ClN3O3S2. The summed E-state index contributed by atoms with van der Waals surface area (Å²) < 4.78 is 4.69. The minimum absolute atomic E-state index is 0.227. The highest BCUT2D eigenvalue weighted by atomic mass is 35.5. The van der Waals surface area contributed by atoms with E-state index in [4.69, 9.17) is 28.6 Å². The molecule has 0 spiro atoms. The largest absolute Gasteiger partial charge is 0.469 e. The van der Waals surface area contributed by atoms with Crippen LogP contribution in [0, 0.1) is 0 Å². The highest BCUT2D eigenvalue weighted by Crippen LogP contribution is 2.32. The SMILES string of the molecule is COC(=O)CCC(=S)N1CCC(c2nc(C(=O)Nc3ccccc3-c3ccc(Cl)cc3)cs2)CC1. The number of benzene rings is 2. The van der Waals surface area contributed by atoms with E-state index in [9.17, 15) is 9.59 Å². The summed E-state index contributed by atoms with van der Waals surface area (Å²) in [6.45, 7) is 1.64. The predicted molar refractivity (Wildman–Crippen MR) is 144 cm³/mol. The molecule has 1 amide bonds. The number of methoxy groups -OCH3 is 1. The Labute approximate surface area is 219 Å². The number of nitrogens with zero attached hydrogens (tertiary/aromatic N) is 2. The molecule has 9 heteroatoms. The third kappa shape index (κ3) is 6.45. The van der Waals surface area contributed by atoms with E-state index in [1.54, 1.807) is 0 Å². The Morgan fingerprint density at radius 2 is 1.86 bits per heavy atom. The normalized spacial score (nSPS) is 13.9. The van der Waals surface area contributed by atoms with Gasteiger partial charge in [0, 0.05) is 47.1 Å². The molecule has 1 aromatic heterocycles. The van der Waals surface area contributed by atoms with E-state index in [1.807, 2.05) is 53.9 Å². The number of anilines is 1. The first-order chi connectivity index (χ1) is 16.9. The fourth-order valence-corrected chi connectivity index (χ4v) is 5.47. The van der Waals surface area contributed by atoms with Crippen LogP contribution < -0.4 is 5.32 Å². The lowest BCUT2D eigenvalue weighted by molar-refractivity contribution is -0.140. The lowest BCUT2D eigenvalue weighted by Gasteiger charge is -2.33. The van der Waals surface area contributed by atoms with Crippen molar-refractivity contribution in [3.63, 3.8) is 0 Å². The van der Waals surface area contributed by atoms with Crippen molar-refractivity contribution in [2.75, 3.05) is 25.5 Å². The fourth-order valence-electron chi connectivity index (χ4n) is 4.08. The number of carbonyl (C=O) groups is 2. The minimum atomic E-state index is -0.244. The van der Waals surface area contributed by atoms with Crippen molar-refractivity contribution in [2.45, 2.75) is 31.6 Å². The topological polar surface area (TPSA) is 71.5 Å². The summed E-state index contributed by atoms with van der Waals surface area (Å²) in [5, 5.41) is 6.48. The Morgan fingerprint density at radius 3 is 2.57 bits per heavy atom. The lowest BCUT2D eigenvalue weighted by Crippen LogP contribution is -2.37. The second-order valence-corrected chi connectivity index (χ2v) is 10.1. The standard InChI is InChI=1S/C26H26ClN3O3S2/c1-33-24(31)11-10-23(34)30-14-12-18(13-15-30)26-29-22(16-35-26)25(32)28-21-5-3-2-4-20(21)17-6-8-19(27)9-7-17/h2-9,16,18H,10-15H2,1H3,(H,28,32). The number of hydrogen-bond acceptors (Lipinski definition) is 6.